The Kier molecular flexibility index (Phi) is 6.56. The van der Waals surface area contributed by atoms with E-state index in [1.54, 1.807) is 34.8 Å². The summed E-state index contributed by atoms with van der Waals surface area (Å²) in [5.74, 6) is 1.88. The molecule has 0 saturated carbocycles. The van der Waals surface area contributed by atoms with Crippen molar-refractivity contribution in [1.29, 1.82) is 0 Å². The van der Waals surface area contributed by atoms with Crippen molar-refractivity contribution in [1.82, 2.24) is 14.9 Å². The van der Waals surface area contributed by atoms with Crippen LogP contribution >= 0.6 is 43.6 Å². The first-order valence-electron chi connectivity index (χ1n) is 7.88. The van der Waals surface area contributed by atoms with Gasteiger partial charge < -0.3 is 9.84 Å². The highest BCUT2D eigenvalue weighted by molar-refractivity contribution is 9.10. The minimum atomic E-state index is 0.0564. The van der Waals surface area contributed by atoms with Crippen LogP contribution in [0, 0.1) is 6.92 Å². The number of thioether (sulfide) groups is 1. The summed E-state index contributed by atoms with van der Waals surface area (Å²) in [5, 5.41) is 23.4. The van der Waals surface area contributed by atoms with Gasteiger partial charge in [-0.15, -0.1) is 10.2 Å². The Labute approximate surface area is 177 Å². The highest BCUT2D eigenvalue weighted by atomic mass is 79.9. The molecular formula is C18H16Br2N4O2S. The fourth-order valence-corrected chi connectivity index (χ4v) is 3.85. The average molecular weight is 512 g/mol. The van der Waals surface area contributed by atoms with E-state index in [1.165, 1.54) is 12.7 Å². The van der Waals surface area contributed by atoms with Gasteiger partial charge >= 0.3 is 0 Å². The van der Waals surface area contributed by atoms with Crippen LogP contribution in [0.15, 0.2) is 55.6 Å². The molecule has 0 unspecified atom stereocenters. The summed E-state index contributed by atoms with van der Waals surface area (Å²) in [4.78, 5) is 0. The molecule has 0 atom stereocenters. The minimum Gasteiger partial charge on any atom is -0.503 e. The van der Waals surface area contributed by atoms with Crippen LogP contribution in [0.1, 0.15) is 17.0 Å². The van der Waals surface area contributed by atoms with Gasteiger partial charge in [0.1, 0.15) is 0 Å². The molecule has 140 valence electrons. The van der Waals surface area contributed by atoms with Gasteiger partial charge in [-0.3, -0.25) is 0 Å². The van der Waals surface area contributed by atoms with Gasteiger partial charge in [0.2, 0.25) is 5.16 Å². The van der Waals surface area contributed by atoms with Crippen molar-refractivity contribution >= 4 is 49.8 Å². The van der Waals surface area contributed by atoms with Crippen molar-refractivity contribution in [2.75, 3.05) is 7.11 Å². The van der Waals surface area contributed by atoms with Crippen LogP contribution < -0.4 is 4.74 Å². The Bertz CT molecular complexity index is 974. The fraction of sp³-hybridized carbons (Fsp3) is 0.167. The first-order chi connectivity index (χ1) is 13.0. The van der Waals surface area contributed by atoms with Gasteiger partial charge in [-0.05, 0) is 58.2 Å². The van der Waals surface area contributed by atoms with Crippen LogP contribution in [0.4, 0.5) is 0 Å². The molecule has 6 nitrogen and oxygen atoms in total. The second-order valence-corrected chi connectivity index (χ2v) is 8.27. The maximum Gasteiger partial charge on any atom is 0.212 e. The van der Waals surface area contributed by atoms with Gasteiger partial charge in [-0.2, -0.15) is 9.78 Å². The van der Waals surface area contributed by atoms with E-state index >= 15 is 0 Å². The number of phenolic OH excluding ortho intramolecular Hbond substituents is 1. The van der Waals surface area contributed by atoms with Gasteiger partial charge in [0.15, 0.2) is 17.3 Å². The molecule has 0 saturated heterocycles. The topological polar surface area (TPSA) is 72.5 Å². The molecule has 1 heterocycles. The number of hydrogen-bond donors (Lipinski definition) is 1. The van der Waals surface area contributed by atoms with Gasteiger partial charge in [0.25, 0.3) is 0 Å². The maximum atomic E-state index is 9.91. The second kappa shape index (κ2) is 8.90. The minimum absolute atomic E-state index is 0.0564. The fourth-order valence-electron chi connectivity index (χ4n) is 2.24. The lowest BCUT2D eigenvalue weighted by atomic mass is 10.2. The first kappa shape index (κ1) is 19.9. The summed E-state index contributed by atoms with van der Waals surface area (Å²) < 4.78 is 8.44. The number of benzene rings is 2. The first-order valence-corrected chi connectivity index (χ1v) is 10.4. The molecule has 0 aliphatic carbocycles. The molecular weight excluding hydrogens is 496 g/mol. The number of nitrogens with zero attached hydrogens (tertiary/aromatic N) is 4. The Balaban J connectivity index is 1.79. The Morgan fingerprint density at radius 3 is 2.67 bits per heavy atom. The van der Waals surface area contributed by atoms with E-state index in [9.17, 15) is 5.11 Å². The third kappa shape index (κ3) is 4.91. The van der Waals surface area contributed by atoms with Crippen molar-refractivity contribution in [3.05, 3.63) is 62.3 Å². The molecule has 1 aromatic heterocycles. The molecule has 0 aliphatic rings. The normalized spacial score (nSPS) is 11.3. The van der Waals surface area contributed by atoms with Crippen LogP contribution in [0.3, 0.4) is 0 Å². The zero-order chi connectivity index (χ0) is 19.4. The van der Waals surface area contributed by atoms with E-state index in [2.05, 4.69) is 59.3 Å². The predicted octanol–water partition coefficient (Wildman–Crippen LogP) is 5.00. The number of halogens is 2. The number of hydrogen-bond acceptors (Lipinski definition) is 6. The van der Waals surface area contributed by atoms with Gasteiger partial charge in [0.05, 0.1) is 17.8 Å². The van der Waals surface area contributed by atoms with Crippen LogP contribution in [0.25, 0.3) is 0 Å². The third-order valence-corrected chi connectivity index (χ3v) is 5.77. The Hall–Kier alpha value is -1.84. The van der Waals surface area contributed by atoms with Crippen molar-refractivity contribution < 1.29 is 9.84 Å². The lowest BCUT2D eigenvalue weighted by Gasteiger charge is -2.06. The molecule has 2 aromatic carbocycles. The molecule has 0 fully saturated rings. The molecule has 9 heteroatoms. The van der Waals surface area contributed by atoms with E-state index in [0.717, 1.165) is 15.8 Å². The number of rotatable bonds is 6. The average Bonchev–Trinajstić information content (AvgIpc) is 3.01. The molecule has 0 amide bonds. The van der Waals surface area contributed by atoms with Gasteiger partial charge in [0, 0.05) is 10.2 Å². The summed E-state index contributed by atoms with van der Waals surface area (Å²) in [6, 6.07) is 11.6. The SMILES string of the molecule is COc1cc(/C=N/n2c(C)nnc2SCc2ccc(Br)cc2)cc(Br)c1O. The van der Waals surface area contributed by atoms with Crippen molar-refractivity contribution in [2.24, 2.45) is 5.10 Å². The molecule has 1 N–H and O–H groups in total. The highest BCUT2D eigenvalue weighted by Gasteiger charge is 2.10. The summed E-state index contributed by atoms with van der Waals surface area (Å²) in [6.45, 7) is 1.85. The largest absolute Gasteiger partial charge is 0.503 e. The van der Waals surface area contributed by atoms with E-state index in [1.807, 2.05) is 19.1 Å². The quantitative estimate of drug-likeness (QED) is 0.372. The van der Waals surface area contributed by atoms with E-state index < -0.39 is 0 Å². The molecule has 3 rings (SSSR count). The molecule has 0 aliphatic heterocycles. The zero-order valence-corrected chi connectivity index (χ0v) is 18.5. The standard InChI is InChI=1S/C18H16Br2N4O2S/c1-11-22-23-18(27-10-12-3-5-14(19)6-4-12)24(11)21-9-13-7-15(20)17(25)16(8-13)26-2/h3-9,25H,10H2,1-2H3/b21-9+. The van der Waals surface area contributed by atoms with Crippen LogP contribution in [-0.2, 0) is 5.75 Å². The van der Waals surface area contributed by atoms with Gasteiger partial charge in [-0.25, -0.2) is 0 Å². The van der Waals surface area contributed by atoms with Crippen LogP contribution in [-0.4, -0.2) is 33.3 Å². The van der Waals surface area contributed by atoms with Crippen molar-refractivity contribution in [3.8, 4) is 11.5 Å². The summed E-state index contributed by atoms with van der Waals surface area (Å²) in [7, 11) is 1.50. The van der Waals surface area contributed by atoms with E-state index in [0.29, 0.717) is 21.2 Å². The van der Waals surface area contributed by atoms with E-state index in [4.69, 9.17) is 4.74 Å². The van der Waals surface area contributed by atoms with Crippen LogP contribution in [0.2, 0.25) is 0 Å². The van der Waals surface area contributed by atoms with Crippen molar-refractivity contribution in [2.45, 2.75) is 17.8 Å². The smallest absolute Gasteiger partial charge is 0.212 e. The molecule has 3 aromatic rings. The predicted molar refractivity (Wildman–Crippen MR) is 114 cm³/mol. The number of aromatic hydroxyl groups is 1. The van der Waals surface area contributed by atoms with E-state index in [-0.39, 0.29) is 5.75 Å². The highest BCUT2D eigenvalue weighted by Crippen LogP contribution is 2.34. The van der Waals surface area contributed by atoms with Crippen LogP contribution in [0.5, 0.6) is 11.5 Å². The number of ether oxygens (including phenoxy) is 1. The number of phenols is 1. The second-order valence-electron chi connectivity index (χ2n) is 5.55. The summed E-state index contributed by atoms with van der Waals surface area (Å²) in [5.41, 5.74) is 1.96. The maximum absolute atomic E-state index is 9.91. The zero-order valence-electron chi connectivity index (χ0n) is 14.6. The number of aryl methyl sites for hydroxylation is 1. The lowest BCUT2D eigenvalue weighted by molar-refractivity contribution is 0.372. The van der Waals surface area contributed by atoms with Crippen molar-refractivity contribution in [3.63, 3.8) is 0 Å². The molecule has 0 bridgehead atoms. The third-order valence-electron chi connectivity index (χ3n) is 3.64. The Morgan fingerprint density at radius 2 is 1.96 bits per heavy atom. The number of methoxy groups -OCH3 is 1. The lowest BCUT2D eigenvalue weighted by Crippen LogP contribution is -1.97. The summed E-state index contributed by atoms with van der Waals surface area (Å²) in [6.07, 6.45) is 1.67. The number of aromatic nitrogens is 3. The summed E-state index contributed by atoms with van der Waals surface area (Å²) >= 11 is 8.31. The van der Waals surface area contributed by atoms with Gasteiger partial charge in [-0.1, -0.05) is 39.8 Å². The molecule has 0 radical (unpaired) electrons. The monoisotopic (exact) mass is 510 g/mol. The molecule has 0 spiro atoms. The Morgan fingerprint density at radius 1 is 1.22 bits per heavy atom. The molecule has 27 heavy (non-hydrogen) atoms.